The third-order valence-corrected chi connectivity index (χ3v) is 5.58. The van der Waals surface area contributed by atoms with Crippen molar-refractivity contribution in [3.8, 4) is 5.75 Å². The van der Waals surface area contributed by atoms with Gasteiger partial charge in [0.05, 0.1) is 5.02 Å². The van der Waals surface area contributed by atoms with Crippen LogP contribution in [-0.4, -0.2) is 45.5 Å². The number of aryl methyl sites for hydroxylation is 1. The lowest BCUT2D eigenvalue weighted by atomic mass is 10.1. The Morgan fingerprint density at radius 1 is 1.14 bits per heavy atom. The molecule has 2 aromatic rings. The predicted molar refractivity (Wildman–Crippen MR) is 114 cm³/mol. The van der Waals surface area contributed by atoms with Crippen LogP contribution in [0.1, 0.15) is 11.1 Å². The van der Waals surface area contributed by atoms with E-state index in [4.69, 9.17) is 16.7 Å². The van der Waals surface area contributed by atoms with Gasteiger partial charge in [0.1, 0.15) is 0 Å². The summed E-state index contributed by atoms with van der Waals surface area (Å²) in [7, 11) is -4.17. The van der Waals surface area contributed by atoms with Gasteiger partial charge in [0.2, 0.25) is 0 Å². The number of amides is 2. The van der Waals surface area contributed by atoms with Crippen LogP contribution in [0, 0.1) is 13.8 Å². The van der Waals surface area contributed by atoms with Crippen LogP contribution in [0.2, 0.25) is 5.02 Å². The number of nitrogens with one attached hydrogen (secondary N) is 1. The molecule has 0 radical (unpaired) electrons. The molecule has 0 saturated carbocycles. The predicted octanol–water partition coefficient (Wildman–Crippen LogP) is 2.89. The number of urea groups is 1. The minimum absolute atomic E-state index is 0.0246. The fraction of sp³-hybridized carbons (Fsp3) is 0.316. The molecule has 156 valence electrons. The van der Waals surface area contributed by atoms with E-state index in [9.17, 15) is 13.2 Å². The van der Waals surface area contributed by atoms with Crippen molar-refractivity contribution in [3.63, 3.8) is 0 Å². The summed E-state index contributed by atoms with van der Waals surface area (Å²) in [5.74, 6) is -0.102. The highest BCUT2D eigenvalue weighted by Crippen LogP contribution is 2.29. The van der Waals surface area contributed by atoms with E-state index in [-0.39, 0.29) is 16.8 Å². The minimum Gasteiger partial charge on any atom is -0.369 e. The highest BCUT2D eigenvalue weighted by atomic mass is 35.5. The van der Waals surface area contributed by atoms with E-state index in [1.165, 1.54) is 35.0 Å². The average Bonchev–Trinajstić information content (AvgIpc) is 2.65. The first kappa shape index (κ1) is 21.2. The third kappa shape index (κ3) is 5.31. The summed E-state index contributed by atoms with van der Waals surface area (Å²) in [6, 6.07) is 10.2. The highest BCUT2D eigenvalue weighted by Gasteiger charge is 2.22. The molecule has 0 unspecified atom stereocenters. The molecule has 0 aliphatic carbocycles. The van der Waals surface area contributed by atoms with Crippen LogP contribution in [0.3, 0.4) is 0 Å². The number of nitrogens with two attached hydrogens (primary N) is 1. The topological polar surface area (TPSA) is 105 Å². The maximum absolute atomic E-state index is 12.6. The zero-order valence-electron chi connectivity index (χ0n) is 16.2. The van der Waals surface area contributed by atoms with Gasteiger partial charge in [0.15, 0.2) is 5.75 Å². The van der Waals surface area contributed by atoms with Crippen molar-refractivity contribution < 1.29 is 17.4 Å². The Morgan fingerprint density at radius 2 is 1.83 bits per heavy atom. The molecular weight excluding hydrogens is 416 g/mol. The molecule has 1 aliphatic heterocycles. The third-order valence-electron chi connectivity index (χ3n) is 4.87. The Hall–Kier alpha value is -2.49. The molecule has 1 saturated heterocycles. The Morgan fingerprint density at radius 3 is 2.45 bits per heavy atom. The Labute approximate surface area is 175 Å². The fourth-order valence-electron chi connectivity index (χ4n) is 3.20. The second-order valence-electron chi connectivity index (χ2n) is 6.84. The second-order valence-corrected chi connectivity index (χ2v) is 8.40. The molecule has 3 rings (SSSR count). The van der Waals surface area contributed by atoms with Crippen molar-refractivity contribution in [2.45, 2.75) is 13.8 Å². The van der Waals surface area contributed by atoms with Crippen molar-refractivity contribution in [1.29, 1.82) is 0 Å². The van der Waals surface area contributed by atoms with E-state index in [2.05, 4.69) is 40.4 Å². The molecule has 8 nitrogen and oxygen atoms in total. The van der Waals surface area contributed by atoms with Crippen molar-refractivity contribution in [3.05, 3.63) is 52.5 Å². The quantitative estimate of drug-likeness (QED) is 0.763. The van der Waals surface area contributed by atoms with Gasteiger partial charge in [-0.15, -0.1) is 0 Å². The summed E-state index contributed by atoms with van der Waals surface area (Å²) in [5.41, 5.74) is 4.12. The van der Waals surface area contributed by atoms with Crippen LogP contribution in [0.4, 0.5) is 16.2 Å². The zero-order valence-corrected chi connectivity index (χ0v) is 17.8. The number of piperazine rings is 1. The van der Waals surface area contributed by atoms with Crippen LogP contribution in [0.25, 0.3) is 0 Å². The molecule has 10 heteroatoms. The van der Waals surface area contributed by atoms with E-state index in [1.54, 1.807) is 4.90 Å². The number of carbonyl (C=O) groups is 1. The molecule has 29 heavy (non-hydrogen) atoms. The summed E-state index contributed by atoms with van der Waals surface area (Å²) in [4.78, 5) is 16.6. The molecular formula is C19H23ClN4O4S. The van der Waals surface area contributed by atoms with Gasteiger partial charge in [-0.1, -0.05) is 23.7 Å². The lowest BCUT2D eigenvalue weighted by Crippen LogP contribution is -2.50. The first-order chi connectivity index (χ1) is 13.6. The SMILES string of the molecule is Cc1cccc(N2CCN(C(=O)Nc3ccc(OS(N)(=O)=O)c(Cl)c3)CC2)c1C. The molecule has 0 bridgehead atoms. The number of hydrogen-bond donors (Lipinski definition) is 2. The number of halogens is 1. The lowest BCUT2D eigenvalue weighted by Gasteiger charge is -2.37. The van der Waals surface area contributed by atoms with Gasteiger partial charge in [0.25, 0.3) is 0 Å². The van der Waals surface area contributed by atoms with E-state index in [0.717, 1.165) is 13.1 Å². The van der Waals surface area contributed by atoms with Crippen LogP contribution < -0.4 is 19.5 Å². The molecule has 1 fully saturated rings. The van der Waals surface area contributed by atoms with Crippen LogP contribution in [0.15, 0.2) is 36.4 Å². The number of nitrogens with zero attached hydrogens (tertiary/aromatic N) is 2. The number of benzene rings is 2. The summed E-state index contributed by atoms with van der Waals surface area (Å²) >= 11 is 6.00. The molecule has 1 heterocycles. The maximum Gasteiger partial charge on any atom is 0.380 e. The summed E-state index contributed by atoms with van der Waals surface area (Å²) in [5, 5.41) is 7.62. The molecule has 1 aliphatic rings. The Bertz CT molecular complexity index is 1020. The van der Waals surface area contributed by atoms with Gasteiger partial charge < -0.3 is 19.3 Å². The van der Waals surface area contributed by atoms with Gasteiger partial charge in [-0.3, -0.25) is 0 Å². The molecule has 0 spiro atoms. The van der Waals surface area contributed by atoms with Gasteiger partial charge in [-0.25, -0.2) is 4.79 Å². The molecule has 3 N–H and O–H groups in total. The van der Waals surface area contributed by atoms with E-state index in [1.807, 2.05) is 6.07 Å². The van der Waals surface area contributed by atoms with Crippen molar-refractivity contribution in [2.75, 3.05) is 36.4 Å². The maximum atomic E-state index is 12.6. The van der Waals surface area contributed by atoms with E-state index < -0.39 is 10.3 Å². The largest absolute Gasteiger partial charge is 0.380 e. The van der Waals surface area contributed by atoms with Gasteiger partial charge in [-0.2, -0.15) is 13.6 Å². The molecule has 0 atom stereocenters. The van der Waals surface area contributed by atoms with Crippen LogP contribution >= 0.6 is 11.6 Å². The first-order valence-electron chi connectivity index (χ1n) is 9.03. The summed E-state index contributed by atoms with van der Waals surface area (Å²) < 4.78 is 26.6. The number of rotatable bonds is 4. The van der Waals surface area contributed by atoms with Gasteiger partial charge >= 0.3 is 16.3 Å². The molecule has 2 aromatic carbocycles. The highest BCUT2D eigenvalue weighted by molar-refractivity contribution is 7.84. The van der Waals surface area contributed by atoms with Gasteiger partial charge in [0, 0.05) is 37.6 Å². The first-order valence-corrected chi connectivity index (χ1v) is 10.9. The van der Waals surface area contributed by atoms with Crippen molar-refractivity contribution in [1.82, 2.24) is 4.90 Å². The summed E-state index contributed by atoms with van der Waals surface area (Å²) in [6.45, 7) is 6.84. The monoisotopic (exact) mass is 438 g/mol. The molecule has 2 amide bonds. The standard InChI is InChI=1S/C19H23ClN4O4S/c1-13-4-3-5-17(14(13)2)23-8-10-24(11-9-23)19(25)22-15-6-7-18(16(20)12-15)28-29(21,26)27/h3-7,12H,8-11H2,1-2H3,(H,22,25)(H2,21,26,27). The zero-order chi connectivity index (χ0) is 21.2. The van der Waals surface area contributed by atoms with Gasteiger partial charge in [-0.05, 0) is 49.2 Å². The summed E-state index contributed by atoms with van der Waals surface area (Å²) in [6.07, 6.45) is 0. The number of anilines is 2. The minimum atomic E-state index is -4.17. The average molecular weight is 439 g/mol. The number of carbonyl (C=O) groups excluding carboxylic acids is 1. The van der Waals surface area contributed by atoms with Crippen LogP contribution in [0.5, 0.6) is 5.75 Å². The van der Waals surface area contributed by atoms with Crippen LogP contribution in [-0.2, 0) is 10.3 Å². The van der Waals surface area contributed by atoms with Crippen molar-refractivity contribution >= 4 is 39.3 Å². The van der Waals surface area contributed by atoms with E-state index in [0.29, 0.717) is 18.8 Å². The Kier molecular flexibility index (Phi) is 6.21. The second kappa shape index (κ2) is 8.48. The normalized spacial score (nSPS) is 14.6. The smallest absolute Gasteiger partial charge is 0.369 e. The molecule has 0 aromatic heterocycles. The van der Waals surface area contributed by atoms with E-state index >= 15 is 0 Å². The lowest BCUT2D eigenvalue weighted by molar-refractivity contribution is 0.208. The fourth-order valence-corrected chi connectivity index (χ4v) is 3.86. The Balaban J connectivity index is 1.60. The number of hydrogen-bond acceptors (Lipinski definition) is 5. The van der Waals surface area contributed by atoms with Crippen molar-refractivity contribution in [2.24, 2.45) is 5.14 Å².